The first-order valence-electron chi connectivity index (χ1n) is 7.71. The molecule has 0 bridgehead atoms. The Balaban J connectivity index is 2.65. The van der Waals surface area contributed by atoms with Gasteiger partial charge in [-0.3, -0.25) is 4.79 Å². The maximum absolute atomic E-state index is 13.8. The van der Waals surface area contributed by atoms with E-state index in [-0.39, 0.29) is 17.2 Å². The monoisotopic (exact) mass is 355 g/mol. The number of hydrogen-bond donors (Lipinski definition) is 1. The molecule has 1 aromatic carbocycles. The highest BCUT2D eigenvalue weighted by Crippen LogP contribution is 2.17. The number of benzene rings is 1. The van der Waals surface area contributed by atoms with E-state index in [1.165, 1.54) is 26.4 Å². The van der Waals surface area contributed by atoms with E-state index in [1.807, 2.05) is 6.92 Å². The van der Waals surface area contributed by atoms with Crippen molar-refractivity contribution in [3.63, 3.8) is 0 Å². The molecule has 138 valence electrons. The van der Waals surface area contributed by atoms with Gasteiger partial charge in [0.1, 0.15) is 17.6 Å². The molecular formula is C17H22FNO6. The van der Waals surface area contributed by atoms with Crippen LogP contribution < -0.4 is 10.1 Å². The zero-order valence-corrected chi connectivity index (χ0v) is 14.6. The van der Waals surface area contributed by atoms with Gasteiger partial charge in [0.15, 0.2) is 6.61 Å². The lowest BCUT2D eigenvalue weighted by Crippen LogP contribution is -2.47. The fourth-order valence-corrected chi connectivity index (χ4v) is 2.01. The zero-order chi connectivity index (χ0) is 19.0. The summed E-state index contributed by atoms with van der Waals surface area (Å²) in [6.45, 7) is 2.99. The van der Waals surface area contributed by atoms with Crippen molar-refractivity contribution in [1.82, 2.24) is 5.32 Å². The molecule has 0 saturated heterocycles. The number of hydrogen-bond acceptors (Lipinski definition) is 6. The van der Waals surface area contributed by atoms with E-state index in [0.717, 1.165) is 6.07 Å². The van der Waals surface area contributed by atoms with Gasteiger partial charge in [-0.05, 0) is 18.1 Å². The minimum atomic E-state index is -0.992. The molecule has 0 aliphatic carbocycles. The van der Waals surface area contributed by atoms with Crippen LogP contribution in [0.2, 0.25) is 0 Å². The maximum Gasteiger partial charge on any atom is 0.341 e. The van der Waals surface area contributed by atoms with Gasteiger partial charge in [-0.15, -0.1) is 0 Å². The van der Waals surface area contributed by atoms with Crippen LogP contribution in [0.5, 0.6) is 5.75 Å². The van der Waals surface area contributed by atoms with Crippen LogP contribution in [0.25, 0.3) is 0 Å². The average molecular weight is 355 g/mol. The van der Waals surface area contributed by atoms with E-state index in [9.17, 15) is 18.8 Å². The molecule has 0 saturated carbocycles. The van der Waals surface area contributed by atoms with E-state index in [0.29, 0.717) is 6.42 Å². The molecule has 0 unspecified atom stereocenters. The molecule has 0 heterocycles. The summed E-state index contributed by atoms with van der Waals surface area (Å²) in [6.07, 6.45) is 0.636. The summed E-state index contributed by atoms with van der Waals surface area (Å²) < 4.78 is 28.1. The van der Waals surface area contributed by atoms with Crippen molar-refractivity contribution < 1.29 is 33.0 Å². The summed E-state index contributed by atoms with van der Waals surface area (Å²) in [6, 6.07) is 2.78. The number of ether oxygens (including phenoxy) is 3. The predicted octanol–water partition coefficient (Wildman–Crippen LogP) is 1.69. The third-order valence-electron chi connectivity index (χ3n) is 3.72. The third kappa shape index (κ3) is 5.74. The Bertz CT molecular complexity index is 634. The molecule has 0 aliphatic rings. The summed E-state index contributed by atoms with van der Waals surface area (Å²) in [5, 5.41) is 2.45. The third-order valence-corrected chi connectivity index (χ3v) is 3.72. The van der Waals surface area contributed by atoms with Gasteiger partial charge in [0.2, 0.25) is 0 Å². The van der Waals surface area contributed by atoms with Crippen LogP contribution in [0.4, 0.5) is 4.39 Å². The van der Waals surface area contributed by atoms with Gasteiger partial charge >= 0.3 is 11.9 Å². The Hall–Kier alpha value is -2.64. The maximum atomic E-state index is 13.8. The van der Waals surface area contributed by atoms with E-state index in [2.05, 4.69) is 10.1 Å². The molecule has 25 heavy (non-hydrogen) atoms. The van der Waals surface area contributed by atoms with Crippen molar-refractivity contribution >= 4 is 17.8 Å². The van der Waals surface area contributed by atoms with Gasteiger partial charge in [0, 0.05) is 6.07 Å². The van der Waals surface area contributed by atoms with Crippen molar-refractivity contribution in [3.8, 4) is 5.75 Å². The zero-order valence-electron chi connectivity index (χ0n) is 14.6. The number of carbonyl (C=O) groups is 3. The minimum absolute atomic E-state index is 0.161. The Morgan fingerprint density at radius 2 is 1.92 bits per heavy atom. The average Bonchev–Trinajstić information content (AvgIpc) is 2.62. The quantitative estimate of drug-likeness (QED) is 0.714. The molecule has 1 rings (SSSR count). The molecule has 0 spiro atoms. The number of rotatable bonds is 8. The summed E-state index contributed by atoms with van der Waals surface area (Å²) in [4.78, 5) is 35.5. The molecule has 0 aromatic heterocycles. The number of methoxy groups -OCH3 is 2. The molecule has 0 aliphatic heterocycles. The van der Waals surface area contributed by atoms with Gasteiger partial charge in [-0.1, -0.05) is 20.3 Å². The molecular weight excluding hydrogens is 333 g/mol. The lowest BCUT2D eigenvalue weighted by Gasteiger charge is -2.21. The first kappa shape index (κ1) is 20.4. The fourth-order valence-electron chi connectivity index (χ4n) is 2.01. The standard InChI is InChI=1S/C17H22FNO6/c1-5-10(2)15(17(22)24-4)19-14(20)9-25-16(21)12-7-6-11(23-3)8-13(12)18/h6-8,10,15H,5,9H2,1-4H3,(H,19,20)/t10-,15-/m0/s1. The summed E-state index contributed by atoms with van der Waals surface area (Å²) in [7, 11) is 2.59. The number of halogens is 1. The smallest absolute Gasteiger partial charge is 0.341 e. The number of amides is 1. The Morgan fingerprint density at radius 1 is 1.24 bits per heavy atom. The molecule has 1 aromatic rings. The predicted molar refractivity (Wildman–Crippen MR) is 86.6 cm³/mol. The van der Waals surface area contributed by atoms with Gasteiger partial charge in [0.05, 0.1) is 19.8 Å². The SMILES string of the molecule is CC[C@H](C)[C@H](NC(=O)COC(=O)c1ccc(OC)cc1F)C(=O)OC. The molecule has 1 amide bonds. The molecule has 7 nitrogen and oxygen atoms in total. The second-order valence-corrected chi connectivity index (χ2v) is 5.38. The second kappa shape index (κ2) is 9.61. The summed E-state index contributed by atoms with van der Waals surface area (Å²) >= 11 is 0. The molecule has 8 heteroatoms. The molecule has 0 fully saturated rings. The molecule has 0 radical (unpaired) electrons. The minimum Gasteiger partial charge on any atom is -0.497 e. The van der Waals surface area contributed by atoms with Crippen molar-refractivity contribution in [1.29, 1.82) is 0 Å². The van der Waals surface area contributed by atoms with Crippen LogP contribution in [-0.4, -0.2) is 44.7 Å². The van der Waals surface area contributed by atoms with Crippen molar-refractivity contribution in [3.05, 3.63) is 29.6 Å². The number of nitrogens with one attached hydrogen (secondary N) is 1. The Labute approximate surface area is 145 Å². The topological polar surface area (TPSA) is 90.9 Å². The van der Waals surface area contributed by atoms with E-state index < -0.39 is 36.3 Å². The van der Waals surface area contributed by atoms with Crippen LogP contribution in [-0.2, 0) is 19.1 Å². The second-order valence-electron chi connectivity index (χ2n) is 5.38. The van der Waals surface area contributed by atoms with Crippen molar-refractivity contribution in [2.24, 2.45) is 5.92 Å². The van der Waals surface area contributed by atoms with E-state index in [1.54, 1.807) is 6.92 Å². The Morgan fingerprint density at radius 3 is 2.44 bits per heavy atom. The molecule has 2 atom stereocenters. The first-order valence-corrected chi connectivity index (χ1v) is 7.71. The van der Waals surface area contributed by atoms with Crippen LogP contribution >= 0.6 is 0 Å². The largest absolute Gasteiger partial charge is 0.497 e. The number of esters is 2. The first-order chi connectivity index (χ1) is 11.8. The van der Waals surface area contributed by atoms with Crippen molar-refractivity contribution in [2.75, 3.05) is 20.8 Å². The van der Waals surface area contributed by atoms with E-state index >= 15 is 0 Å². The summed E-state index contributed by atoms with van der Waals surface area (Å²) in [5.41, 5.74) is -0.319. The Kier molecular flexibility index (Phi) is 7.84. The van der Waals surface area contributed by atoms with Gasteiger partial charge < -0.3 is 19.5 Å². The highest BCUT2D eigenvalue weighted by Gasteiger charge is 2.27. The summed E-state index contributed by atoms with van der Waals surface area (Å²) in [5.74, 6) is -2.99. The van der Waals surface area contributed by atoms with Crippen molar-refractivity contribution in [2.45, 2.75) is 26.3 Å². The van der Waals surface area contributed by atoms with Gasteiger partial charge in [0.25, 0.3) is 5.91 Å². The van der Waals surface area contributed by atoms with Crippen LogP contribution in [0.3, 0.4) is 0 Å². The van der Waals surface area contributed by atoms with Crippen LogP contribution in [0, 0.1) is 11.7 Å². The number of carbonyl (C=O) groups excluding carboxylic acids is 3. The van der Waals surface area contributed by atoms with Crippen LogP contribution in [0.15, 0.2) is 18.2 Å². The normalized spacial score (nSPS) is 12.7. The lowest BCUT2D eigenvalue weighted by atomic mass is 9.99. The fraction of sp³-hybridized carbons (Fsp3) is 0.471. The highest BCUT2D eigenvalue weighted by molar-refractivity contribution is 5.92. The molecule has 1 N–H and O–H groups in total. The van der Waals surface area contributed by atoms with E-state index in [4.69, 9.17) is 9.47 Å². The highest BCUT2D eigenvalue weighted by atomic mass is 19.1. The van der Waals surface area contributed by atoms with Gasteiger partial charge in [-0.25, -0.2) is 14.0 Å². The lowest BCUT2D eigenvalue weighted by molar-refractivity contribution is -0.147. The van der Waals surface area contributed by atoms with Gasteiger partial charge in [-0.2, -0.15) is 0 Å². The van der Waals surface area contributed by atoms with Crippen LogP contribution in [0.1, 0.15) is 30.6 Å².